The molecule has 0 unspecified atom stereocenters. The maximum absolute atomic E-state index is 12.0. The second-order valence-electron chi connectivity index (χ2n) is 7.86. The number of amides is 1. The van der Waals surface area contributed by atoms with Crippen molar-refractivity contribution in [3.05, 3.63) is 12.2 Å². The minimum atomic E-state index is 0. The van der Waals surface area contributed by atoms with Gasteiger partial charge in [0.2, 0.25) is 0 Å². The topological polar surface area (TPSA) is 37.3 Å². The van der Waals surface area contributed by atoms with Gasteiger partial charge in [-0.25, -0.2) is 4.79 Å². The summed E-state index contributed by atoms with van der Waals surface area (Å²) >= 11 is 0. The van der Waals surface area contributed by atoms with Crippen molar-refractivity contribution in [3.63, 3.8) is 0 Å². The number of rotatable bonds is 17. The molecule has 0 heterocycles. The number of allylic oxidation sites excluding steroid dienone is 2. The molecule has 0 fully saturated rings. The van der Waals surface area contributed by atoms with Gasteiger partial charge in [-0.05, 0) is 32.1 Å². The summed E-state index contributed by atoms with van der Waals surface area (Å²) in [5.41, 5.74) is 0. The Balaban J connectivity index is 0. The highest BCUT2D eigenvalue weighted by Gasteiger charge is 2.24. The van der Waals surface area contributed by atoms with Crippen LogP contribution in [0.15, 0.2) is 12.2 Å². The van der Waals surface area contributed by atoms with E-state index in [2.05, 4.69) is 19.1 Å². The molecular formula is C22H44ClNO2. The number of hydrogen-bond acceptors (Lipinski definition) is 2. The molecular weight excluding hydrogens is 346 g/mol. The number of halogens is 1. The number of hydrogen-bond donors (Lipinski definition) is 1. The summed E-state index contributed by atoms with van der Waals surface area (Å²) in [5.74, 6) is 0.242. The summed E-state index contributed by atoms with van der Waals surface area (Å²) in [4.78, 5) is 12.0. The average molecular weight is 390 g/mol. The largest absolute Gasteiger partial charge is 1.00 e. The Labute approximate surface area is 169 Å². The van der Waals surface area contributed by atoms with E-state index in [0.29, 0.717) is 17.4 Å². The highest BCUT2D eigenvalue weighted by Crippen LogP contribution is 2.11. The molecule has 0 atom stereocenters. The van der Waals surface area contributed by atoms with Gasteiger partial charge in [0.1, 0.15) is 6.54 Å². The van der Waals surface area contributed by atoms with Gasteiger partial charge >= 0.3 is 5.91 Å². The third-order valence-corrected chi connectivity index (χ3v) is 4.99. The van der Waals surface area contributed by atoms with Gasteiger partial charge in [0, 0.05) is 0 Å². The van der Waals surface area contributed by atoms with Crippen molar-refractivity contribution in [2.45, 2.75) is 96.8 Å². The predicted molar refractivity (Wildman–Crippen MR) is 109 cm³/mol. The normalized spacial score (nSPS) is 11.7. The van der Waals surface area contributed by atoms with Crippen LogP contribution in [0.25, 0.3) is 0 Å². The molecule has 0 saturated heterocycles. The Hall–Kier alpha value is -0.380. The molecule has 26 heavy (non-hydrogen) atoms. The summed E-state index contributed by atoms with van der Waals surface area (Å²) in [5, 5.41) is 8.98. The van der Waals surface area contributed by atoms with Gasteiger partial charge in [-0.1, -0.05) is 70.4 Å². The van der Waals surface area contributed by atoms with Crippen molar-refractivity contribution in [1.82, 2.24) is 0 Å². The molecule has 1 N–H and O–H groups in total. The monoisotopic (exact) mass is 389 g/mol. The molecule has 0 aliphatic carbocycles. The first kappa shape index (κ1) is 27.8. The van der Waals surface area contributed by atoms with Crippen molar-refractivity contribution >= 4 is 5.91 Å². The van der Waals surface area contributed by atoms with E-state index < -0.39 is 0 Å². The highest BCUT2D eigenvalue weighted by atomic mass is 35.5. The van der Waals surface area contributed by atoms with Crippen LogP contribution < -0.4 is 12.4 Å². The van der Waals surface area contributed by atoms with Gasteiger partial charge in [0.05, 0.1) is 27.1 Å². The lowest BCUT2D eigenvalue weighted by atomic mass is 10.1. The first-order chi connectivity index (χ1) is 12.0. The number of unbranched alkanes of at least 4 members (excludes halogenated alkanes) is 11. The molecule has 0 radical (unpaired) electrons. The average Bonchev–Trinajstić information content (AvgIpc) is 2.58. The van der Waals surface area contributed by atoms with Crippen LogP contribution in [-0.4, -0.2) is 42.7 Å². The van der Waals surface area contributed by atoms with E-state index in [0.717, 1.165) is 12.8 Å². The first-order valence-corrected chi connectivity index (χ1v) is 10.7. The molecule has 0 aromatic carbocycles. The van der Waals surface area contributed by atoms with Gasteiger partial charge < -0.3 is 17.5 Å². The van der Waals surface area contributed by atoms with E-state index in [9.17, 15) is 4.79 Å². The second-order valence-corrected chi connectivity index (χ2v) is 7.86. The summed E-state index contributed by atoms with van der Waals surface area (Å²) in [6.45, 7) is 2.86. The molecule has 3 nitrogen and oxygen atoms in total. The fourth-order valence-corrected chi connectivity index (χ4v) is 3.02. The lowest BCUT2D eigenvalue weighted by Gasteiger charge is -2.25. The van der Waals surface area contributed by atoms with E-state index in [1.165, 1.54) is 70.6 Å². The fourth-order valence-electron chi connectivity index (χ4n) is 3.02. The zero-order chi connectivity index (χ0) is 18.8. The zero-order valence-corrected chi connectivity index (χ0v) is 18.4. The zero-order valence-electron chi connectivity index (χ0n) is 17.6. The molecule has 4 heteroatoms. The number of aliphatic hydroxyl groups is 1. The number of nitrogens with zero attached hydrogens (tertiary/aromatic N) is 1. The van der Waals surface area contributed by atoms with Crippen molar-refractivity contribution in [2.75, 3.05) is 27.2 Å². The lowest BCUT2D eigenvalue weighted by molar-refractivity contribution is -0.814. The standard InChI is InChI=1S/C22H44NO2.ClH/c1-4-5-6-7-8-9-10-11-12-13-14-15-16-17-18-19-22(25)23(2,3)20-21-24;/h11-12,24H,4-10,13-21H2,1-3H3;1H/q+1;/p-1/b12-11-;. The van der Waals surface area contributed by atoms with E-state index in [-0.39, 0.29) is 24.9 Å². The summed E-state index contributed by atoms with van der Waals surface area (Å²) in [6, 6.07) is 0. The van der Waals surface area contributed by atoms with Crippen LogP contribution in [0.5, 0.6) is 0 Å². The van der Waals surface area contributed by atoms with Gasteiger partial charge in [0.15, 0.2) is 0 Å². The molecule has 0 bridgehead atoms. The third kappa shape index (κ3) is 17.1. The maximum Gasteiger partial charge on any atom is 0.313 e. The maximum atomic E-state index is 12.0. The van der Waals surface area contributed by atoms with E-state index in [1.807, 2.05) is 14.1 Å². The Morgan fingerprint density at radius 1 is 0.808 bits per heavy atom. The van der Waals surface area contributed by atoms with Crippen LogP contribution in [0.1, 0.15) is 96.8 Å². The van der Waals surface area contributed by atoms with E-state index >= 15 is 0 Å². The van der Waals surface area contributed by atoms with Crippen molar-refractivity contribution in [1.29, 1.82) is 0 Å². The Bertz CT molecular complexity index is 343. The minimum absolute atomic E-state index is 0. The molecule has 1 amide bonds. The molecule has 0 aromatic rings. The number of carbonyl (C=O) groups is 1. The lowest BCUT2D eigenvalue weighted by Crippen LogP contribution is -3.00. The Kier molecular flexibility index (Phi) is 20.8. The summed E-state index contributed by atoms with van der Waals surface area (Å²) < 4.78 is 0.305. The number of aliphatic hydroxyl groups excluding tert-OH is 1. The van der Waals surface area contributed by atoms with Crippen LogP contribution in [0.3, 0.4) is 0 Å². The van der Waals surface area contributed by atoms with Crippen molar-refractivity contribution in [2.24, 2.45) is 0 Å². The first-order valence-electron chi connectivity index (χ1n) is 10.7. The van der Waals surface area contributed by atoms with Gasteiger partial charge in [-0.15, -0.1) is 0 Å². The van der Waals surface area contributed by atoms with Gasteiger partial charge in [-0.3, -0.25) is 4.48 Å². The number of quaternary nitrogens is 1. The summed E-state index contributed by atoms with van der Waals surface area (Å²) in [7, 11) is 3.77. The van der Waals surface area contributed by atoms with Crippen LogP contribution in [0, 0.1) is 0 Å². The third-order valence-electron chi connectivity index (χ3n) is 4.99. The van der Waals surface area contributed by atoms with Gasteiger partial charge in [0.25, 0.3) is 0 Å². The van der Waals surface area contributed by atoms with E-state index in [1.54, 1.807) is 0 Å². The smallest absolute Gasteiger partial charge is 0.313 e. The molecule has 156 valence electrons. The van der Waals surface area contributed by atoms with Crippen LogP contribution in [0.2, 0.25) is 0 Å². The predicted octanol–water partition coefficient (Wildman–Crippen LogP) is 2.62. The minimum Gasteiger partial charge on any atom is -1.00 e. The van der Waals surface area contributed by atoms with Crippen LogP contribution in [0.4, 0.5) is 0 Å². The molecule has 0 spiro atoms. The fraction of sp³-hybridized carbons (Fsp3) is 0.864. The quantitative estimate of drug-likeness (QED) is 0.236. The number of carbonyl (C=O) groups excluding carboxylic acids is 1. The highest BCUT2D eigenvalue weighted by molar-refractivity contribution is 5.68. The second kappa shape index (κ2) is 19.4. The van der Waals surface area contributed by atoms with Gasteiger partial charge in [-0.2, -0.15) is 0 Å². The van der Waals surface area contributed by atoms with Crippen molar-refractivity contribution < 1.29 is 26.8 Å². The Morgan fingerprint density at radius 2 is 1.27 bits per heavy atom. The molecule has 0 aliphatic rings. The molecule has 0 aromatic heterocycles. The Morgan fingerprint density at radius 3 is 1.77 bits per heavy atom. The van der Waals surface area contributed by atoms with Crippen molar-refractivity contribution in [3.8, 4) is 0 Å². The SMILES string of the molecule is CCCCCCCC/C=C\CCCCCCCC(=O)[N+](C)(C)CCO.[Cl-]. The van der Waals surface area contributed by atoms with Crippen LogP contribution in [-0.2, 0) is 4.79 Å². The van der Waals surface area contributed by atoms with Crippen LogP contribution >= 0.6 is 0 Å². The number of likely N-dealkylation sites (N-methyl/N-ethyl adjacent to an activating group) is 1. The molecule has 0 rings (SSSR count). The molecule has 0 saturated carbocycles. The van der Waals surface area contributed by atoms with E-state index in [4.69, 9.17) is 5.11 Å². The summed E-state index contributed by atoms with van der Waals surface area (Å²) in [6.07, 6.45) is 22.0. The molecule has 0 aliphatic heterocycles.